The van der Waals surface area contributed by atoms with Gasteiger partial charge in [0, 0.05) is 27.7 Å². The van der Waals surface area contributed by atoms with Crippen molar-refractivity contribution in [3.63, 3.8) is 0 Å². The number of ether oxygens (including phenoxy) is 3. The van der Waals surface area contributed by atoms with Crippen LogP contribution in [0.5, 0.6) is 11.5 Å². The molecule has 0 fully saturated rings. The second-order valence-electron chi connectivity index (χ2n) is 8.66. The third kappa shape index (κ3) is 6.88. The van der Waals surface area contributed by atoms with E-state index in [1.807, 2.05) is 24.3 Å². The average molecular weight is 550 g/mol. The van der Waals surface area contributed by atoms with Gasteiger partial charge in [0.2, 0.25) is 0 Å². The molecule has 0 aliphatic heterocycles. The number of furan rings is 1. The van der Waals surface area contributed by atoms with E-state index in [4.69, 9.17) is 25.5 Å². The smallest absolute Gasteiger partial charge is 0.346 e. The molecule has 1 atom stereocenters. The Labute approximate surface area is 230 Å². The van der Waals surface area contributed by atoms with E-state index in [0.29, 0.717) is 27.8 Å². The number of hydrogen-bond donors (Lipinski definition) is 1. The van der Waals surface area contributed by atoms with E-state index in [2.05, 4.69) is 45.8 Å². The van der Waals surface area contributed by atoms with Gasteiger partial charge in [-0.2, -0.15) is 5.10 Å². The number of carbonyl (C=O) groups is 2. The van der Waals surface area contributed by atoms with Crippen LogP contribution in [0.15, 0.2) is 76.2 Å². The molecule has 0 spiro atoms. The fourth-order valence-electron chi connectivity index (χ4n) is 3.85. The van der Waals surface area contributed by atoms with E-state index < -0.39 is 18.0 Å². The SMILES string of the molecule is COC(=O)[C@H](C)Oc1ccc(Cl)cc1/C=N/NC(=O)c1ccc(COc2ccc(-n3c(C)ccc3C)cc2)o1. The summed E-state index contributed by atoms with van der Waals surface area (Å²) in [6.07, 6.45) is 0.517. The second kappa shape index (κ2) is 12.4. The zero-order valence-electron chi connectivity index (χ0n) is 21.9. The maximum atomic E-state index is 12.5. The molecule has 0 saturated carbocycles. The lowest BCUT2D eigenvalue weighted by atomic mass is 10.2. The third-order valence-corrected chi connectivity index (χ3v) is 6.05. The van der Waals surface area contributed by atoms with Gasteiger partial charge in [-0.3, -0.25) is 4.79 Å². The van der Waals surface area contributed by atoms with Gasteiger partial charge in [0.05, 0.1) is 13.3 Å². The summed E-state index contributed by atoms with van der Waals surface area (Å²) in [5, 5.41) is 4.40. The summed E-state index contributed by atoms with van der Waals surface area (Å²) in [6, 6.07) is 19.9. The second-order valence-corrected chi connectivity index (χ2v) is 9.10. The Morgan fingerprint density at radius 3 is 2.46 bits per heavy atom. The molecule has 0 aliphatic rings. The van der Waals surface area contributed by atoms with Gasteiger partial charge >= 0.3 is 11.9 Å². The maximum Gasteiger partial charge on any atom is 0.346 e. The predicted octanol–water partition coefficient (Wildman–Crippen LogP) is 5.62. The average Bonchev–Trinajstić information content (AvgIpc) is 3.54. The third-order valence-electron chi connectivity index (χ3n) is 5.81. The number of nitrogens with zero attached hydrogens (tertiary/aromatic N) is 2. The number of aromatic nitrogens is 1. The summed E-state index contributed by atoms with van der Waals surface area (Å²) in [5.41, 5.74) is 6.22. The number of hydrogen-bond acceptors (Lipinski definition) is 7. The normalized spacial score (nSPS) is 11.8. The maximum absolute atomic E-state index is 12.5. The van der Waals surface area contributed by atoms with Crippen LogP contribution in [0.2, 0.25) is 5.02 Å². The number of halogens is 1. The Bertz CT molecular complexity index is 1470. The van der Waals surface area contributed by atoms with Crippen LogP contribution in [0.4, 0.5) is 0 Å². The van der Waals surface area contributed by atoms with Crippen molar-refractivity contribution in [3.8, 4) is 17.2 Å². The van der Waals surface area contributed by atoms with Crippen LogP contribution < -0.4 is 14.9 Å². The van der Waals surface area contributed by atoms with Gasteiger partial charge < -0.3 is 23.2 Å². The molecule has 0 radical (unpaired) electrons. The van der Waals surface area contributed by atoms with E-state index in [0.717, 1.165) is 17.1 Å². The van der Waals surface area contributed by atoms with Crippen molar-refractivity contribution < 1.29 is 28.2 Å². The van der Waals surface area contributed by atoms with Gasteiger partial charge in [-0.1, -0.05) is 11.6 Å². The van der Waals surface area contributed by atoms with Gasteiger partial charge in [0.15, 0.2) is 11.9 Å². The quantitative estimate of drug-likeness (QED) is 0.156. The highest BCUT2D eigenvalue weighted by atomic mass is 35.5. The standard InChI is InChI=1S/C29H28ClN3O6/c1-18-5-6-19(2)33(18)23-8-10-24(11-9-23)37-17-25-12-14-27(39-25)28(34)32-31-16-21-15-22(30)7-13-26(21)38-20(3)29(35)36-4/h5-16,20H,17H2,1-4H3,(H,32,34)/b31-16+/t20-/m0/s1. The van der Waals surface area contributed by atoms with Crippen molar-refractivity contribution in [1.82, 2.24) is 9.99 Å². The molecule has 0 saturated heterocycles. The van der Waals surface area contributed by atoms with E-state index >= 15 is 0 Å². The highest BCUT2D eigenvalue weighted by Gasteiger charge is 2.17. The number of esters is 1. The van der Waals surface area contributed by atoms with E-state index in [1.54, 1.807) is 31.2 Å². The predicted molar refractivity (Wildman–Crippen MR) is 147 cm³/mol. The Kier molecular flexibility index (Phi) is 8.73. The number of aryl methyl sites for hydroxylation is 2. The summed E-state index contributed by atoms with van der Waals surface area (Å²) in [5.74, 6) is 0.493. The highest BCUT2D eigenvalue weighted by molar-refractivity contribution is 6.30. The first-order chi connectivity index (χ1) is 18.7. The lowest BCUT2D eigenvalue weighted by Crippen LogP contribution is -2.25. The first kappa shape index (κ1) is 27.5. The van der Waals surface area contributed by atoms with Crippen molar-refractivity contribution in [2.75, 3.05) is 7.11 Å². The number of carbonyl (C=O) groups excluding carboxylic acids is 2. The Hall–Kier alpha value is -4.50. The molecule has 4 aromatic rings. The summed E-state index contributed by atoms with van der Waals surface area (Å²) in [7, 11) is 1.28. The monoisotopic (exact) mass is 549 g/mol. The van der Waals surface area contributed by atoms with E-state index in [-0.39, 0.29) is 12.4 Å². The van der Waals surface area contributed by atoms with Crippen LogP contribution in [0.1, 0.15) is 40.2 Å². The van der Waals surface area contributed by atoms with Crippen LogP contribution in [0.3, 0.4) is 0 Å². The molecular weight excluding hydrogens is 522 g/mol. The lowest BCUT2D eigenvalue weighted by molar-refractivity contribution is -0.147. The molecule has 0 unspecified atom stereocenters. The van der Waals surface area contributed by atoms with Crippen molar-refractivity contribution in [2.45, 2.75) is 33.5 Å². The molecule has 2 heterocycles. The summed E-state index contributed by atoms with van der Waals surface area (Å²) in [6.45, 7) is 5.83. The molecular formula is C29H28ClN3O6. The first-order valence-electron chi connectivity index (χ1n) is 12.1. The molecule has 39 heavy (non-hydrogen) atoms. The van der Waals surface area contributed by atoms with E-state index in [1.165, 1.54) is 19.4 Å². The fourth-order valence-corrected chi connectivity index (χ4v) is 4.03. The molecule has 2 aromatic carbocycles. The minimum absolute atomic E-state index is 0.0709. The van der Waals surface area contributed by atoms with Crippen LogP contribution in [0, 0.1) is 13.8 Å². The molecule has 202 valence electrons. The molecule has 1 amide bonds. The highest BCUT2D eigenvalue weighted by Crippen LogP contribution is 2.23. The molecule has 10 heteroatoms. The topological polar surface area (TPSA) is 104 Å². The number of hydrazone groups is 1. The van der Waals surface area contributed by atoms with Crippen LogP contribution >= 0.6 is 11.6 Å². The number of benzene rings is 2. The minimum atomic E-state index is -0.840. The molecule has 0 aliphatic carbocycles. The van der Waals surface area contributed by atoms with Crippen molar-refractivity contribution in [3.05, 3.63) is 100 Å². The number of nitrogens with one attached hydrogen (secondary N) is 1. The number of amides is 1. The van der Waals surface area contributed by atoms with Crippen LogP contribution in [-0.2, 0) is 16.1 Å². The van der Waals surface area contributed by atoms with Gasteiger partial charge in [0.1, 0.15) is 23.9 Å². The van der Waals surface area contributed by atoms with Crippen molar-refractivity contribution in [1.29, 1.82) is 0 Å². The first-order valence-corrected chi connectivity index (χ1v) is 12.5. The van der Waals surface area contributed by atoms with Crippen molar-refractivity contribution >= 4 is 29.7 Å². The number of rotatable bonds is 10. The summed E-state index contributed by atoms with van der Waals surface area (Å²) >= 11 is 6.08. The largest absolute Gasteiger partial charge is 0.486 e. The number of methoxy groups -OCH3 is 1. The zero-order valence-corrected chi connectivity index (χ0v) is 22.7. The molecule has 4 rings (SSSR count). The molecule has 1 N–H and O–H groups in total. The van der Waals surface area contributed by atoms with Crippen LogP contribution in [-0.4, -0.2) is 35.9 Å². The zero-order chi connectivity index (χ0) is 27.9. The Morgan fingerprint density at radius 2 is 1.77 bits per heavy atom. The van der Waals surface area contributed by atoms with E-state index in [9.17, 15) is 9.59 Å². The van der Waals surface area contributed by atoms with Gasteiger partial charge in [-0.05, 0) is 87.5 Å². The Morgan fingerprint density at radius 1 is 1.05 bits per heavy atom. The van der Waals surface area contributed by atoms with Gasteiger partial charge in [0.25, 0.3) is 0 Å². The van der Waals surface area contributed by atoms with Gasteiger partial charge in [-0.15, -0.1) is 0 Å². The molecule has 0 bridgehead atoms. The van der Waals surface area contributed by atoms with Crippen molar-refractivity contribution in [2.24, 2.45) is 5.10 Å². The Balaban J connectivity index is 1.33. The summed E-state index contributed by atoms with van der Waals surface area (Å²) < 4.78 is 23.9. The lowest BCUT2D eigenvalue weighted by Gasteiger charge is -2.14. The summed E-state index contributed by atoms with van der Waals surface area (Å²) in [4.78, 5) is 24.2. The fraction of sp³-hybridized carbons (Fsp3) is 0.207. The minimum Gasteiger partial charge on any atom is -0.486 e. The van der Waals surface area contributed by atoms with Gasteiger partial charge in [-0.25, -0.2) is 10.2 Å². The molecule has 9 nitrogen and oxygen atoms in total. The van der Waals surface area contributed by atoms with Crippen LogP contribution in [0.25, 0.3) is 5.69 Å². The molecule has 2 aromatic heterocycles.